The Labute approximate surface area is 87.7 Å². The number of hydrogen-bond acceptors (Lipinski definition) is 6. The van der Waals surface area contributed by atoms with E-state index in [1.54, 1.807) is 0 Å². The fourth-order valence-electron chi connectivity index (χ4n) is 1.39. The topological polar surface area (TPSA) is 118 Å². The molecule has 0 saturated heterocycles. The van der Waals surface area contributed by atoms with E-state index in [2.05, 4.69) is 30.1 Å². The van der Waals surface area contributed by atoms with Gasteiger partial charge in [0.25, 0.3) is 0 Å². The van der Waals surface area contributed by atoms with Gasteiger partial charge in [-0.3, -0.25) is 0 Å². The standard InChI is InChI=1S/C8H4N6O2/c15-8(16)7-12-5-4-3(9-2-10-4)1-11-14-6(5)13-7/h1-2H,(H,9,10)(H,15,16). The molecule has 8 nitrogen and oxygen atoms in total. The number of nitrogens with zero attached hydrogens (tertiary/aromatic N) is 5. The number of imidazole rings is 2. The molecule has 2 aliphatic rings. The number of H-pyrrole nitrogens is 1. The van der Waals surface area contributed by atoms with Gasteiger partial charge in [-0.05, 0) is 0 Å². The number of carbonyl (C=O) groups is 1. The predicted octanol–water partition coefficient (Wildman–Crippen LogP) is -0.0541. The quantitative estimate of drug-likeness (QED) is 0.585. The Hall–Kier alpha value is -2.64. The summed E-state index contributed by atoms with van der Waals surface area (Å²) in [6.45, 7) is 0. The number of hydrogen-bond donors (Lipinski definition) is 2. The molecule has 1 aromatic heterocycles. The number of fused-ring (bicyclic) bond motifs is 3. The first-order valence-corrected chi connectivity index (χ1v) is 4.31. The second-order valence-corrected chi connectivity index (χ2v) is 3.03. The fraction of sp³-hybridized carbons (Fsp3) is 0. The molecule has 78 valence electrons. The molecule has 2 N–H and O–H groups in total. The molecule has 2 aliphatic heterocycles. The first-order chi connectivity index (χ1) is 7.75. The van der Waals surface area contributed by atoms with Crippen LogP contribution in [0.25, 0.3) is 22.6 Å². The van der Waals surface area contributed by atoms with Crippen molar-refractivity contribution < 1.29 is 9.90 Å². The highest BCUT2D eigenvalue weighted by molar-refractivity contribution is 5.90. The maximum atomic E-state index is 10.7. The minimum atomic E-state index is -1.20. The molecule has 0 aliphatic carbocycles. The third kappa shape index (κ3) is 1.10. The van der Waals surface area contributed by atoms with Crippen LogP contribution in [0.2, 0.25) is 0 Å². The smallest absolute Gasteiger partial charge is 0.374 e. The van der Waals surface area contributed by atoms with E-state index in [1.165, 1.54) is 12.5 Å². The Balaban J connectivity index is 2.43. The summed E-state index contributed by atoms with van der Waals surface area (Å²) >= 11 is 0. The van der Waals surface area contributed by atoms with Gasteiger partial charge >= 0.3 is 5.97 Å². The van der Waals surface area contributed by atoms with E-state index < -0.39 is 5.97 Å². The molecule has 0 unspecified atom stereocenters. The molecule has 0 aromatic carbocycles. The minimum absolute atomic E-state index is 0.166. The average Bonchev–Trinajstić information content (AvgIpc) is 2.82. The summed E-state index contributed by atoms with van der Waals surface area (Å²) in [5.41, 5.74) is 1.45. The fourth-order valence-corrected chi connectivity index (χ4v) is 1.39. The molecule has 0 amide bonds. The van der Waals surface area contributed by atoms with Gasteiger partial charge in [-0.25, -0.2) is 14.8 Å². The van der Waals surface area contributed by atoms with Crippen LogP contribution in [-0.2, 0) is 0 Å². The van der Waals surface area contributed by atoms with Crippen LogP contribution in [0.15, 0.2) is 12.5 Å². The molecular weight excluding hydrogens is 212 g/mol. The van der Waals surface area contributed by atoms with Gasteiger partial charge in [0, 0.05) is 0 Å². The van der Waals surface area contributed by atoms with Gasteiger partial charge in [0.15, 0.2) is 0 Å². The summed E-state index contributed by atoms with van der Waals surface area (Å²) in [5.74, 6) is -1.34. The first kappa shape index (κ1) is 8.65. The SMILES string of the molecule is O=C(O)c1nc2nncc3[nH]cnc3c-2n1. The molecule has 3 heterocycles. The maximum absolute atomic E-state index is 10.7. The van der Waals surface area contributed by atoms with E-state index in [0.29, 0.717) is 16.7 Å². The van der Waals surface area contributed by atoms with Gasteiger partial charge in [-0.1, -0.05) is 0 Å². The van der Waals surface area contributed by atoms with Gasteiger partial charge in [-0.15, -0.1) is 5.10 Å². The van der Waals surface area contributed by atoms with Crippen molar-refractivity contribution in [2.24, 2.45) is 0 Å². The van der Waals surface area contributed by atoms with Crippen LogP contribution in [-0.4, -0.2) is 41.2 Å². The summed E-state index contributed by atoms with van der Waals surface area (Å²) in [7, 11) is 0. The number of nitrogens with one attached hydrogen (secondary N) is 1. The molecular formula is C8H4N6O2. The first-order valence-electron chi connectivity index (χ1n) is 4.31. The monoisotopic (exact) mass is 216 g/mol. The molecule has 0 bridgehead atoms. The lowest BCUT2D eigenvalue weighted by Gasteiger charge is -1.83. The van der Waals surface area contributed by atoms with Crippen LogP contribution in [0.4, 0.5) is 0 Å². The van der Waals surface area contributed by atoms with E-state index in [9.17, 15) is 4.79 Å². The van der Waals surface area contributed by atoms with E-state index in [-0.39, 0.29) is 11.6 Å². The summed E-state index contributed by atoms with van der Waals surface area (Å²) in [4.78, 5) is 25.2. The van der Waals surface area contributed by atoms with Crippen molar-refractivity contribution in [3.05, 3.63) is 18.3 Å². The Morgan fingerprint density at radius 2 is 2.25 bits per heavy atom. The van der Waals surface area contributed by atoms with Crippen LogP contribution in [0.5, 0.6) is 0 Å². The number of carboxylic acids is 1. The molecule has 0 radical (unpaired) electrons. The van der Waals surface area contributed by atoms with Crippen molar-refractivity contribution in [3.8, 4) is 11.5 Å². The Morgan fingerprint density at radius 1 is 1.38 bits per heavy atom. The zero-order valence-corrected chi connectivity index (χ0v) is 7.75. The third-order valence-corrected chi connectivity index (χ3v) is 2.07. The van der Waals surface area contributed by atoms with E-state index in [4.69, 9.17) is 5.11 Å². The van der Waals surface area contributed by atoms with Gasteiger partial charge < -0.3 is 10.1 Å². The Kier molecular flexibility index (Phi) is 1.58. The number of carboxylic acid groups (broad SMARTS) is 1. The second-order valence-electron chi connectivity index (χ2n) is 3.03. The van der Waals surface area contributed by atoms with E-state index in [1.807, 2.05) is 0 Å². The van der Waals surface area contributed by atoms with Crippen LogP contribution >= 0.6 is 0 Å². The summed E-state index contributed by atoms with van der Waals surface area (Å²) in [6.07, 6.45) is 2.95. The molecule has 3 rings (SSSR count). The van der Waals surface area contributed by atoms with Crippen LogP contribution < -0.4 is 0 Å². The third-order valence-electron chi connectivity index (χ3n) is 2.07. The Bertz CT molecular complexity index is 663. The van der Waals surface area contributed by atoms with Crippen molar-refractivity contribution in [2.45, 2.75) is 0 Å². The minimum Gasteiger partial charge on any atom is -0.475 e. The number of aromatic nitrogens is 6. The lowest BCUT2D eigenvalue weighted by atomic mass is 10.3. The van der Waals surface area contributed by atoms with Crippen molar-refractivity contribution in [1.29, 1.82) is 0 Å². The zero-order chi connectivity index (χ0) is 11.1. The summed E-state index contributed by atoms with van der Waals surface area (Å²) in [5, 5.41) is 16.3. The lowest BCUT2D eigenvalue weighted by Crippen LogP contribution is -1.97. The van der Waals surface area contributed by atoms with Crippen molar-refractivity contribution in [3.63, 3.8) is 0 Å². The normalized spacial score (nSPS) is 11.0. The molecule has 0 spiro atoms. The number of aromatic amines is 1. The lowest BCUT2D eigenvalue weighted by molar-refractivity contribution is 0.0685. The molecule has 16 heavy (non-hydrogen) atoms. The summed E-state index contributed by atoms with van der Waals surface area (Å²) < 4.78 is 0. The highest BCUT2D eigenvalue weighted by atomic mass is 16.4. The number of rotatable bonds is 1. The average molecular weight is 216 g/mol. The van der Waals surface area contributed by atoms with Crippen LogP contribution in [0, 0.1) is 0 Å². The van der Waals surface area contributed by atoms with Crippen LogP contribution in [0.1, 0.15) is 10.6 Å². The Morgan fingerprint density at radius 3 is 3.06 bits per heavy atom. The van der Waals surface area contributed by atoms with Crippen molar-refractivity contribution in [2.75, 3.05) is 0 Å². The van der Waals surface area contributed by atoms with Gasteiger partial charge in [0.1, 0.15) is 11.2 Å². The highest BCUT2D eigenvalue weighted by Gasteiger charge is 2.20. The molecule has 1 aromatic rings. The second kappa shape index (κ2) is 2.92. The zero-order valence-electron chi connectivity index (χ0n) is 7.75. The van der Waals surface area contributed by atoms with Gasteiger partial charge in [0.05, 0.1) is 18.0 Å². The summed E-state index contributed by atoms with van der Waals surface area (Å²) in [6, 6.07) is 0. The number of aromatic carboxylic acids is 1. The molecule has 0 saturated carbocycles. The molecule has 8 heteroatoms. The van der Waals surface area contributed by atoms with Crippen molar-refractivity contribution in [1.82, 2.24) is 30.1 Å². The highest BCUT2D eigenvalue weighted by Crippen LogP contribution is 2.21. The molecule has 0 atom stereocenters. The predicted molar refractivity (Wildman–Crippen MR) is 50.9 cm³/mol. The van der Waals surface area contributed by atoms with E-state index >= 15 is 0 Å². The van der Waals surface area contributed by atoms with Crippen LogP contribution in [0.3, 0.4) is 0 Å². The van der Waals surface area contributed by atoms with E-state index in [0.717, 1.165) is 0 Å². The largest absolute Gasteiger partial charge is 0.475 e. The van der Waals surface area contributed by atoms with Crippen molar-refractivity contribution >= 4 is 17.0 Å². The molecule has 0 fully saturated rings. The maximum Gasteiger partial charge on any atom is 0.374 e. The van der Waals surface area contributed by atoms with Gasteiger partial charge in [0.2, 0.25) is 11.6 Å². The van der Waals surface area contributed by atoms with Gasteiger partial charge in [-0.2, -0.15) is 10.1 Å².